The van der Waals surface area contributed by atoms with Gasteiger partial charge in [-0.15, -0.1) is 0 Å². The number of aromatic amines is 4. The van der Waals surface area contributed by atoms with Crippen molar-refractivity contribution in [2.24, 2.45) is 17.2 Å². The fourth-order valence-corrected chi connectivity index (χ4v) is 13.4. The summed E-state index contributed by atoms with van der Waals surface area (Å²) >= 11 is 0. The van der Waals surface area contributed by atoms with Gasteiger partial charge in [0.15, 0.2) is 11.9 Å². The van der Waals surface area contributed by atoms with Crippen molar-refractivity contribution in [3.05, 3.63) is 192 Å². The summed E-state index contributed by atoms with van der Waals surface area (Å²) in [5.74, 6) is -8.06. The van der Waals surface area contributed by atoms with E-state index in [0.29, 0.717) is 40.9 Å². The predicted molar refractivity (Wildman–Crippen MR) is 454 cm³/mol. The summed E-state index contributed by atoms with van der Waals surface area (Å²) in [6.45, 7) is 2.36. The lowest BCUT2D eigenvalue weighted by molar-refractivity contribution is -0.135. The molecule has 5 aromatic carbocycles. The van der Waals surface area contributed by atoms with Crippen molar-refractivity contribution >= 4 is 109 Å². The van der Waals surface area contributed by atoms with E-state index in [1.54, 1.807) is 42.7 Å². The molecule has 0 aliphatic carbocycles. The van der Waals surface area contributed by atoms with Gasteiger partial charge in [0, 0.05) is 143 Å². The molecule has 38 heteroatoms. The number of benzene rings is 5. The number of para-hydroxylation sites is 2. The number of primary amides is 1. The van der Waals surface area contributed by atoms with Crippen LogP contribution >= 0.6 is 0 Å². The molecule has 0 saturated heterocycles. The van der Waals surface area contributed by atoms with Crippen LogP contribution in [0, 0.1) is 10.8 Å². The minimum absolute atomic E-state index is 0.00404. The van der Waals surface area contributed by atoms with Crippen LogP contribution in [0.2, 0.25) is 0 Å². The molecule has 8 atom stereocenters. The number of nitrogens with one attached hydrogen (secondary N) is 18. The summed E-state index contributed by atoms with van der Waals surface area (Å²) in [6, 6.07) is 27.1. The number of hydrogen-bond acceptors (Lipinski definition) is 19. The molecule has 0 spiro atoms. The van der Waals surface area contributed by atoms with Crippen LogP contribution < -0.4 is 81.0 Å². The van der Waals surface area contributed by atoms with Gasteiger partial charge in [-0.3, -0.25) is 63.6 Å². The normalized spacial score (nSPS) is 13.2. The largest absolute Gasteiger partial charge is 0.379 e. The second-order valence-corrected chi connectivity index (χ2v) is 29.1. The summed E-state index contributed by atoms with van der Waals surface area (Å²) < 4.78 is 22.6. The van der Waals surface area contributed by atoms with Crippen molar-refractivity contribution in [1.29, 1.82) is 10.8 Å². The highest BCUT2D eigenvalue weighted by Crippen LogP contribution is 2.23. The lowest BCUT2D eigenvalue weighted by atomic mass is 9.99. The monoisotopic (exact) mass is 1680 g/mol. The first-order valence-electron chi connectivity index (χ1n) is 40.3. The predicted octanol–water partition coefficient (Wildman–Crippen LogP) is -0.00626. The molecule has 9 rings (SSSR count). The number of H-pyrrole nitrogens is 4. The van der Waals surface area contributed by atoms with Gasteiger partial charge in [0.1, 0.15) is 61.5 Å². The van der Waals surface area contributed by atoms with Crippen molar-refractivity contribution in [2.75, 3.05) is 79.0 Å². The topological polar surface area (TPSA) is 584 Å². The number of hydrogen-bond donors (Lipinski definition) is 21. The van der Waals surface area contributed by atoms with Crippen LogP contribution in [0.5, 0.6) is 0 Å². The maximum atomic E-state index is 14.7. The Kier molecular flexibility index (Phi) is 37.1. The van der Waals surface area contributed by atoms with Crippen LogP contribution in [0.3, 0.4) is 0 Å². The summed E-state index contributed by atoms with van der Waals surface area (Å²) in [4.78, 5) is 173. The second kappa shape index (κ2) is 49.1. The van der Waals surface area contributed by atoms with E-state index >= 15 is 0 Å². The number of nitrogens with zero attached hydrogens (tertiary/aromatic N) is 2. The van der Waals surface area contributed by atoms with Crippen LogP contribution in [0.15, 0.2) is 159 Å². The van der Waals surface area contributed by atoms with Crippen LogP contribution in [0.4, 0.5) is 0 Å². The fourth-order valence-electron chi connectivity index (χ4n) is 13.4. The lowest BCUT2D eigenvalue weighted by Gasteiger charge is -2.27. The van der Waals surface area contributed by atoms with Crippen LogP contribution in [-0.2, 0) is 110 Å². The minimum Gasteiger partial charge on any atom is -0.379 e. The molecule has 0 unspecified atom stereocenters. The van der Waals surface area contributed by atoms with Crippen molar-refractivity contribution in [2.45, 2.75) is 132 Å². The molecule has 4 heterocycles. The average Bonchev–Trinajstić information content (AvgIpc) is 1.55. The molecule has 650 valence electrons. The number of imidazole rings is 2. The zero-order chi connectivity index (χ0) is 87.0. The van der Waals surface area contributed by atoms with Gasteiger partial charge >= 0.3 is 0 Å². The van der Waals surface area contributed by atoms with E-state index < -0.39 is 127 Å². The molecule has 0 radical (unpaired) electrons. The molecule has 11 amide bonds. The Morgan fingerprint density at radius 2 is 0.795 bits per heavy atom. The van der Waals surface area contributed by atoms with E-state index in [1.165, 1.54) is 32.0 Å². The Bertz CT molecular complexity index is 4930. The maximum Gasteiger partial charge on any atom is 0.246 e. The van der Waals surface area contributed by atoms with Gasteiger partial charge in [0.25, 0.3) is 0 Å². The van der Waals surface area contributed by atoms with Gasteiger partial charge < -0.3 is 120 Å². The van der Waals surface area contributed by atoms with Crippen LogP contribution in [0.25, 0.3) is 32.6 Å². The number of amides is 11. The Balaban J connectivity index is 0.690. The zero-order valence-electron chi connectivity index (χ0n) is 67.9. The smallest absolute Gasteiger partial charge is 0.246 e. The number of aromatic nitrogens is 6. The first kappa shape index (κ1) is 92.3. The Labute approximate surface area is 703 Å². The van der Waals surface area contributed by atoms with Crippen molar-refractivity contribution < 1.29 is 71.7 Å². The average molecular weight is 1680 g/mol. The molecule has 9 aromatic rings. The second-order valence-electron chi connectivity index (χ2n) is 29.1. The Morgan fingerprint density at radius 1 is 0.377 bits per heavy atom. The molecule has 4 aromatic heterocycles. The minimum atomic E-state index is -1.33. The number of ether oxygens (including phenoxy) is 4. The quantitative estimate of drug-likeness (QED) is 0.0135. The number of guanidine groups is 2. The molecule has 38 nitrogen and oxygen atoms in total. The zero-order valence-corrected chi connectivity index (χ0v) is 67.9. The molecule has 0 aliphatic rings. The summed E-state index contributed by atoms with van der Waals surface area (Å²) in [5, 5.41) is 51.9. The third-order valence-electron chi connectivity index (χ3n) is 19.6. The molecule has 0 fully saturated rings. The molecule has 0 bridgehead atoms. The van der Waals surface area contributed by atoms with Gasteiger partial charge in [-0.05, 0) is 83.7 Å². The van der Waals surface area contributed by atoms with Crippen LogP contribution in [-0.4, -0.2) is 234 Å². The summed E-state index contributed by atoms with van der Waals surface area (Å²) in [7, 11) is 0. The number of carbonyl (C=O) groups excluding carboxylic acids is 11. The van der Waals surface area contributed by atoms with Crippen molar-refractivity contribution in [3.63, 3.8) is 0 Å². The fraction of sp³-hybridized carbons (Fsp3) is 0.393. The van der Waals surface area contributed by atoms with Gasteiger partial charge in [-0.1, -0.05) is 109 Å². The molecule has 0 aliphatic heterocycles. The molecule has 122 heavy (non-hydrogen) atoms. The van der Waals surface area contributed by atoms with Gasteiger partial charge in [-0.25, -0.2) is 9.97 Å². The van der Waals surface area contributed by atoms with Crippen molar-refractivity contribution in [3.8, 4) is 0 Å². The first-order chi connectivity index (χ1) is 59.0. The van der Waals surface area contributed by atoms with E-state index in [0.717, 1.165) is 38.1 Å². The van der Waals surface area contributed by atoms with Crippen LogP contribution in [0.1, 0.15) is 79.1 Å². The van der Waals surface area contributed by atoms with E-state index in [1.807, 2.05) is 91.0 Å². The molecule has 24 N–H and O–H groups in total. The van der Waals surface area contributed by atoms with E-state index in [-0.39, 0.29) is 142 Å². The van der Waals surface area contributed by atoms with Gasteiger partial charge in [0.05, 0.1) is 39.1 Å². The van der Waals surface area contributed by atoms with E-state index in [9.17, 15) is 52.7 Å². The van der Waals surface area contributed by atoms with E-state index in [2.05, 4.69) is 93.7 Å². The molecule has 0 saturated carbocycles. The number of nitrogens with two attached hydrogens (primary N) is 3. The third-order valence-corrected chi connectivity index (χ3v) is 19.6. The highest BCUT2D eigenvalue weighted by molar-refractivity contribution is 5.98. The Hall–Kier alpha value is -13.6. The lowest BCUT2D eigenvalue weighted by Crippen LogP contribution is -2.59. The standard InChI is InChI=1S/C84H109N23O15/c1-52(108)100-71(42-59-46-90-50-98-59)81(117)106-69(39-54-25-26-55-17-5-6-18-56(55)37-54)80(116)103-66(24-12-28-95-84(88)89)78(114)107-70(41-58-45-97-64-22-10-8-20-62(58)64)76(112)93-30-14-32-120-34-36-121-35-33-119-31-13-29-92-73(109)48-122-49-74(110)101-72(43-60-47-91-51-99-60)82(118)105-68(38-53-15-3-2-4-16-53)79(115)102-65(23-11-27-94-83(86)87)77(113)104-67(75(85)111)40-57-44-96-63-21-9-7-19-61(57)63/h2-10,15-22,25-26,37,44-47,50-51,65-72,96-97H,11-14,23-24,27-36,38-43,48-49H2,1H3,(H2,85,111)(H,90,98)(H,91,99)(H,92,109)(H,93,112)(H,100,108)(H,101,110)(H,102,115)(H,103,116)(H,104,113)(H,105,118)(H,106,117)(H,107,114)(H4,86,87,94)(H4,88,89,95)/t65-,66-,67-,68+,69+,70-,71-,72-/m0/s1. The third kappa shape index (κ3) is 31.3. The number of carbonyl (C=O) groups is 11. The SMILES string of the molecule is CC(=O)N[C@@H](Cc1cnc[nH]1)C(=O)N[C@H](Cc1ccc2ccccc2c1)C(=O)N[C@@H](CCCNC(=N)N)C(=O)N[C@@H](Cc1c[nH]c2ccccc12)C(=O)NCCCOCCOCCOCCCNC(=O)COCC(=O)N[C@@H](Cc1cnc[nH]1)C(=O)N[C@H](Cc1ccccc1)C(=O)N[C@@H](CCCNC(=N)N)C(=O)N[C@@H](Cc1c[nH]c2ccccc12)C(N)=O. The van der Waals surface area contributed by atoms with Gasteiger partial charge in [-0.2, -0.15) is 0 Å². The first-order valence-corrected chi connectivity index (χ1v) is 40.3. The van der Waals surface area contributed by atoms with Crippen molar-refractivity contribution in [1.82, 2.24) is 93.7 Å². The van der Waals surface area contributed by atoms with Gasteiger partial charge in [0.2, 0.25) is 65.0 Å². The highest BCUT2D eigenvalue weighted by Gasteiger charge is 2.35. The number of rotatable bonds is 54. The highest BCUT2D eigenvalue weighted by atomic mass is 16.5. The van der Waals surface area contributed by atoms with E-state index in [4.69, 9.17) is 47.0 Å². The summed E-state index contributed by atoms with van der Waals surface area (Å²) in [5.41, 5.74) is 22.3. The maximum absolute atomic E-state index is 14.7. The number of fused-ring (bicyclic) bond motifs is 3. The Morgan fingerprint density at radius 3 is 1.30 bits per heavy atom. The molecular weight excluding hydrogens is 1570 g/mol. The molecular formula is C84H109N23O15. The summed E-state index contributed by atoms with van der Waals surface area (Å²) in [6.07, 6.45) is 10.5.